The molecule has 7 nitrogen and oxygen atoms in total. The molecule has 2 atom stereocenters. The van der Waals surface area contributed by atoms with Crippen LogP contribution in [0.25, 0.3) is 11.1 Å². The number of halogens is 1. The van der Waals surface area contributed by atoms with Crippen LogP contribution in [0.1, 0.15) is 58.4 Å². The second-order valence-electron chi connectivity index (χ2n) is 10.8. The van der Waals surface area contributed by atoms with Gasteiger partial charge >= 0.3 is 5.97 Å². The summed E-state index contributed by atoms with van der Waals surface area (Å²) < 4.78 is 40.1. The Morgan fingerprint density at radius 2 is 1.90 bits per heavy atom. The van der Waals surface area contributed by atoms with Crippen molar-refractivity contribution in [2.24, 2.45) is 7.05 Å². The molecule has 0 bridgehead atoms. The third-order valence-corrected chi connectivity index (χ3v) is 8.00. The highest BCUT2D eigenvalue weighted by Gasteiger charge is 2.32. The molecule has 0 spiro atoms. The number of fused-ring (bicyclic) bond motifs is 2. The van der Waals surface area contributed by atoms with Crippen molar-refractivity contribution in [3.63, 3.8) is 0 Å². The van der Waals surface area contributed by atoms with Crippen LogP contribution < -0.4 is 14.2 Å². The minimum atomic E-state index is -0.406. The number of aromatic nitrogens is 2. The Balaban J connectivity index is 1.23. The number of hydrogen-bond donors (Lipinski definition) is 0. The van der Waals surface area contributed by atoms with Crippen molar-refractivity contribution in [2.45, 2.75) is 51.7 Å². The summed E-state index contributed by atoms with van der Waals surface area (Å²) in [6.07, 6.45) is 3.15. The van der Waals surface area contributed by atoms with Gasteiger partial charge in [-0.05, 0) is 84.8 Å². The average molecular weight is 557 g/mol. The number of aryl methyl sites for hydroxylation is 3. The Morgan fingerprint density at radius 3 is 2.63 bits per heavy atom. The van der Waals surface area contributed by atoms with Crippen LogP contribution in [0.4, 0.5) is 4.39 Å². The monoisotopic (exact) mass is 556 g/mol. The van der Waals surface area contributed by atoms with Gasteiger partial charge < -0.3 is 18.9 Å². The highest BCUT2D eigenvalue weighted by atomic mass is 19.1. The van der Waals surface area contributed by atoms with E-state index in [1.807, 2.05) is 55.7 Å². The topological polar surface area (TPSA) is 71.8 Å². The van der Waals surface area contributed by atoms with E-state index in [9.17, 15) is 4.79 Å². The van der Waals surface area contributed by atoms with Crippen LogP contribution >= 0.6 is 0 Å². The summed E-state index contributed by atoms with van der Waals surface area (Å²) in [4.78, 5) is 11.7. The van der Waals surface area contributed by atoms with Crippen LogP contribution in [0.5, 0.6) is 17.2 Å². The summed E-state index contributed by atoms with van der Waals surface area (Å²) in [5.41, 5.74) is 7.68. The van der Waals surface area contributed by atoms with Gasteiger partial charge in [-0.1, -0.05) is 12.1 Å². The highest BCUT2D eigenvalue weighted by molar-refractivity contribution is 5.76. The number of methoxy groups -OCH3 is 1. The van der Waals surface area contributed by atoms with Gasteiger partial charge in [0.25, 0.3) is 0 Å². The first kappa shape index (κ1) is 26.9. The second kappa shape index (κ2) is 10.9. The second-order valence-corrected chi connectivity index (χ2v) is 10.8. The maximum absolute atomic E-state index is 15.3. The number of rotatable bonds is 8. The Morgan fingerprint density at radius 1 is 1.10 bits per heavy atom. The number of carbonyl (C=O) groups is 1. The molecule has 0 N–H and O–H groups in total. The summed E-state index contributed by atoms with van der Waals surface area (Å²) in [6, 6.07) is 15.1. The maximum atomic E-state index is 15.3. The van der Waals surface area contributed by atoms with Crippen LogP contribution in [0, 0.1) is 19.7 Å². The van der Waals surface area contributed by atoms with E-state index in [0.717, 1.165) is 44.8 Å². The molecule has 0 unspecified atom stereocenters. The minimum Gasteiger partial charge on any atom is -0.492 e. The number of ether oxygens (including phenoxy) is 4. The fourth-order valence-corrected chi connectivity index (χ4v) is 6.10. The van der Waals surface area contributed by atoms with Gasteiger partial charge in [0, 0.05) is 36.4 Å². The lowest BCUT2D eigenvalue weighted by atomic mass is 9.90. The van der Waals surface area contributed by atoms with E-state index in [0.29, 0.717) is 43.1 Å². The largest absolute Gasteiger partial charge is 0.492 e. The van der Waals surface area contributed by atoms with Crippen LogP contribution in [0.3, 0.4) is 0 Å². The van der Waals surface area contributed by atoms with Crippen molar-refractivity contribution in [1.82, 2.24) is 9.78 Å². The molecule has 0 saturated carbocycles. The number of hydrogen-bond acceptors (Lipinski definition) is 6. The molecular weight excluding hydrogens is 523 g/mol. The molecule has 212 valence electrons. The standard InChI is InChI=1S/C33H33FN2O5/c1-19-13-24(39-18-22-11-12-36(3)35-22)14-20(2)32(19)26-7-9-28(34)33-27(26)8-10-29(33)41-23-5-6-25-21(15-31(37)38-4)17-40-30(25)16-23/h5-7,9,11-14,16,21,29H,8,10,15,17-18H2,1-4H3/t21-,29-/m1/s1. The molecule has 0 saturated heterocycles. The highest BCUT2D eigenvalue weighted by Crippen LogP contribution is 2.45. The fourth-order valence-electron chi connectivity index (χ4n) is 6.10. The van der Waals surface area contributed by atoms with E-state index < -0.39 is 6.10 Å². The van der Waals surface area contributed by atoms with Gasteiger partial charge in [0.1, 0.15) is 35.8 Å². The molecule has 6 rings (SSSR count). The number of esters is 1. The van der Waals surface area contributed by atoms with Gasteiger partial charge in [0.2, 0.25) is 0 Å². The smallest absolute Gasteiger partial charge is 0.306 e. The van der Waals surface area contributed by atoms with Crippen molar-refractivity contribution in [3.05, 3.63) is 94.1 Å². The molecule has 3 aromatic carbocycles. The first-order valence-electron chi connectivity index (χ1n) is 13.8. The van der Waals surface area contributed by atoms with E-state index in [4.69, 9.17) is 18.9 Å². The molecule has 0 fully saturated rings. The Bertz CT molecular complexity index is 1610. The van der Waals surface area contributed by atoms with Crippen LogP contribution in [-0.4, -0.2) is 29.5 Å². The molecule has 4 aromatic rings. The van der Waals surface area contributed by atoms with Crippen molar-refractivity contribution in [1.29, 1.82) is 0 Å². The van der Waals surface area contributed by atoms with Gasteiger partial charge in [-0.15, -0.1) is 0 Å². The molecule has 1 aromatic heterocycles. The molecule has 1 aliphatic carbocycles. The maximum Gasteiger partial charge on any atom is 0.306 e. The molecule has 8 heteroatoms. The molecule has 2 aliphatic rings. The van der Waals surface area contributed by atoms with E-state index >= 15 is 4.39 Å². The zero-order valence-corrected chi connectivity index (χ0v) is 23.7. The number of nitrogens with zero attached hydrogens (tertiary/aromatic N) is 2. The van der Waals surface area contributed by atoms with Gasteiger partial charge in [-0.25, -0.2) is 4.39 Å². The van der Waals surface area contributed by atoms with Crippen molar-refractivity contribution >= 4 is 5.97 Å². The fraction of sp³-hybridized carbons (Fsp3) is 0.333. The molecule has 0 radical (unpaired) electrons. The van der Waals surface area contributed by atoms with Crippen molar-refractivity contribution in [2.75, 3.05) is 13.7 Å². The summed E-state index contributed by atoms with van der Waals surface area (Å²) in [5, 5.41) is 4.37. The first-order valence-corrected chi connectivity index (χ1v) is 13.8. The van der Waals surface area contributed by atoms with Crippen LogP contribution in [0.15, 0.2) is 54.7 Å². The van der Waals surface area contributed by atoms with Gasteiger partial charge in [0.15, 0.2) is 0 Å². The average Bonchev–Trinajstić information content (AvgIpc) is 3.67. The summed E-state index contributed by atoms with van der Waals surface area (Å²) in [5.74, 6) is 1.52. The predicted molar refractivity (Wildman–Crippen MR) is 152 cm³/mol. The lowest BCUT2D eigenvalue weighted by Crippen LogP contribution is -2.09. The van der Waals surface area contributed by atoms with Gasteiger partial charge in [-0.3, -0.25) is 9.48 Å². The Hall–Kier alpha value is -4.33. The van der Waals surface area contributed by atoms with Crippen LogP contribution in [0.2, 0.25) is 0 Å². The quantitative estimate of drug-likeness (QED) is 0.230. The van der Waals surface area contributed by atoms with Crippen LogP contribution in [-0.2, 0) is 29.6 Å². The molecule has 41 heavy (non-hydrogen) atoms. The van der Waals surface area contributed by atoms with E-state index in [1.54, 1.807) is 10.7 Å². The van der Waals surface area contributed by atoms with E-state index in [1.165, 1.54) is 7.11 Å². The molecular formula is C33H33FN2O5. The van der Waals surface area contributed by atoms with E-state index in [-0.39, 0.29) is 24.1 Å². The number of benzene rings is 3. The predicted octanol–water partition coefficient (Wildman–Crippen LogP) is 6.53. The normalized spacial score (nSPS) is 17.1. The summed E-state index contributed by atoms with van der Waals surface area (Å²) >= 11 is 0. The Labute approximate surface area is 238 Å². The third kappa shape index (κ3) is 5.26. The number of carbonyl (C=O) groups excluding carboxylic acids is 1. The first-order chi connectivity index (χ1) is 19.8. The summed E-state index contributed by atoms with van der Waals surface area (Å²) in [7, 11) is 3.27. The zero-order chi connectivity index (χ0) is 28.7. The van der Waals surface area contributed by atoms with Gasteiger partial charge in [0.05, 0.1) is 25.8 Å². The molecule has 0 amide bonds. The summed E-state index contributed by atoms with van der Waals surface area (Å²) in [6.45, 7) is 4.94. The van der Waals surface area contributed by atoms with Crippen molar-refractivity contribution in [3.8, 4) is 28.4 Å². The molecule has 2 heterocycles. The Kier molecular flexibility index (Phi) is 7.15. The lowest BCUT2D eigenvalue weighted by molar-refractivity contribution is -0.141. The third-order valence-electron chi connectivity index (χ3n) is 8.00. The SMILES string of the molecule is COC(=O)C[C@@H]1COc2cc(O[C@@H]3CCc4c(-c5c(C)cc(OCc6ccn(C)n6)cc5C)ccc(F)c43)ccc21. The van der Waals surface area contributed by atoms with E-state index in [2.05, 4.69) is 18.9 Å². The molecule has 1 aliphatic heterocycles. The minimum absolute atomic E-state index is 0.0445. The lowest BCUT2D eigenvalue weighted by Gasteiger charge is -2.19. The van der Waals surface area contributed by atoms with Gasteiger partial charge in [-0.2, -0.15) is 5.10 Å². The van der Waals surface area contributed by atoms with Crippen molar-refractivity contribution < 1.29 is 28.1 Å². The zero-order valence-electron chi connectivity index (χ0n) is 23.7.